The Labute approximate surface area is 149 Å². The molecule has 3 atom stereocenters. The van der Waals surface area contributed by atoms with E-state index in [1.807, 2.05) is 29.2 Å². The molecule has 136 valence electrons. The number of hydrogen-bond acceptors (Lipinski definition) is 3. The van der Waals surface area contributed by atoms with Crippen LogP contribution in [0.25, 0.3) is 0 Å². The molecule has 1 aromatic carbocycles. The molecule has 2 heterocycles. The highest BCUT2D eigenvalue weighted by Crippen LogP contribution is 2.27. The van der Waals surface area contributed by atoms with E-state index in [0.29, 0.717) is 31.3 Å². The van der Waals surface area contributed by atoms with Crippen molar-refractivity contribution in [3.63, 3.8) is 0 Å². The quantitative estimate of drug-likeness (QED) is 0.843. The molecule has 0 saturated carbocycles. The van der Waals surface area contributed by atoms with Crippen LogP contribution in [0.1, 0.15) is 32.3 Å². The summed E-state index contributed by atoms with van der Waals surface area (Å²) in [7, 11) is 1.64. The third-order valence-electron chi connectivity index (χ3n) is 5.28. The highest BCUT2D eigenvalue weighted by Gasteiger charge is 2.38. The molecule has 25 heavy (non-hydrogen) atoms. The van der Waals surface area contributed by atoms with Crippen LogP contribution in [0.5, 0.6) is 5.75 Å². The van der Waals surface area contributed by atoms with Crippen molar-refractivity contribution < 1.29 is 14.3 Å². The number of nitrogens with zero attached hydrogens (tertiary/aromatic N) is 2. The molecule has 2 saturated heterocycles. The third kappa shape index (κ3) is 4.14. The minimum absolute atomic E-state index is 0.0762. The fourth-order valence-electron chi connectivity index (χ4n) is 4.14. The van der Waals surface area contributed by atoms with Gasteiger partial charge >= 0.3 is 0 Å². The van der Waals surface area contributed by atoms with Crippen LogP contribution in [0.4, 0.5) is 0 Å². The molecule has 2 aliphatic rings. The predicted octanol–water partition coefficient (Wildman–Crippen LogP) is 2.55. The van der Waals surface area contributed by atoms with Crippen LogP contribution in [-0.2, 0) is 16.1 Å². The number of benzene rings is 1. The summed E-state index contributed by atoms with van der Waals surface area (Å²) < 4.78 is 5.16. The maximum Gasteiger partial charge on any atom is 0.228 e. The summed E-state index contributed by atoms with van der Waals surface area (Å²) in [6, 6.07) is 7.73. The van der Waals surface area contributed by atoms with E-state index in [0.717, 1.165) is 24.4 Å². The van der Waals surface area contributed by atoms with Gasteiger partial charge in [0.25, 0.3) is 0 Å². The van der Waals surface area contributed by atoms with Crippen molar-refractivity contribution in [1.82, 2.24) is 9.80 Å². The molecule has 0 spiro atoms. The summed E-state index contributed by atoms with van der Waals surface area (Å²) in [5.41, 5.74) is 1.06. The lowest BCUT2D eigenvalue weighted by molar-refractivity contribution is -0.138. The minimum atomic E-state index is -0.191. The monoisotopic (exact) mass is 344 g/mol. The van der Waals surface area contributed by atoms with Gasteiger partial charge in [-0.1, -0.05) is 26.0 Å². The van der Waals surface area contributed by atoms with E-state index in [2.05, 4.69) is 13.8 Å². The zero-order chi connectivity index (χ0) is 18.0. The first-order valence-electron chi connectivity index (χ1n) is 9.15. The Hall–Kier alpha value is -2.04. The SMILES string of the molecule is COc1ccc(CN2C[C@H](C(=O)N3C[C@H](C)C[C@@H](C)C3)CC2=O)cc1. The van der Waals surface area contributed by atoms with Crippen molar-refractivity contribution >= 4 is 11.8 Å². The predicted molar refractivity (Wildman–Crippen MR) is 96.0 cm³/mol. The first-order chi connectivity index (χ1) is 12.0. The van der Waals surface area contributed by atoms with E-state index in [4.69, 9.17) is 4.74 Å². The van der Waals surface area contributed by atoms with Gasteiger partial charge in [0, 0.05) is 32.6 Å². The zero-order valence-electron chi connectivity index (χ0n) is 15.4. The number of hydrogen-bond donors (Lipinski definition) is 0. The van der Waals surface area contributed by atoms with Gasteiger partial charge in [0.05, 0.1) is 13.0 Å². The van der Waals surface area contributed by atoms with Crippen LogP contribution < -0.4 is 4.74 Å². The zero-order valence-corrected chi connectivity index (χ0v) is 15.4. The van der Waals surface area contributed by atoms with Crippen molar-refractivity contribution in [1.29, 1.82) is 0 Å². The number of likely N-dealkylation sites (tertiary alicyclic amines) is 2. The Kier molecular flexibility index (Phi) is 5.30. The Balaban J connectivity index is 1.60. The van der Waals surface area contributed by atoms with E-state index in [-0.39, 0.29) is 17.7 Å². The Bertz CT molecular complexity index is 618. The summed E-state index contributed by atoms with van der Waals surface area (Å²) in [5.74, 6) is 1.93. The number of carbonyl (C=O) groups excluding carboxylic acids is 2. The van der Waals surface area contributed by atoms with Gasteiger partial charge < -0.3 is 14.5 Å². The van der Waals surface area contributed by atoms with Gasteiger partial charge in [0.15, 0.2) is 0 Å². The maximum atomic E-state index is 12.8. The third-order valence-corrected chi connectivity index (χ3v) is 5.28. The summed E-state index contributed by atoms with van der Waals surface area (Å²) >= 11 is 0. The van der Waals surface area contributed by atoms with Crippen LogP contribution in [0.2, 0.25) is 0 Å². The summed E-state index contributed by atoms with van der Waals surface area (Å²) in [6.45, 7) is 7.14. The fourth-order valence-corrected chi connectivity index (χ4v) is 4.14. The van der Waals surface area contributed by atoms with E-state index in [1.54, 1.807) is 12.0 Å². The number of rotatable bonds is 4. The van der Waals surface area contributed by atoms with Gasteiger partial charge in [-0.05, 0) is 36.0 Å². The molecule has 0 unspecified atom stereocenters. The molecule has 0 radical (unpaired) electrons. The van der Waals surface area contributed by atoms with E-state index in [1.165, 1.54) is 6.42 Å². The highest BCUT2D eigenvalue weighted by atomic mass is 16.5. The average molecular weight is 344 g/mol. The van der Waals surface area contributed by atoms with Crippen LogP contribution >= 0.6 is 0 Å². The second kappa shape index (κ2) is 7.46. The molecule has 0 N–H and O–H groups in total. The fraction of sp³-hybridized carbons (Fsp3) is 0.600. The van der Waals surface area contributed by atoms with Gasteiger partial charge in [-0.3, -0.25) is 9.59 Å². The lowest BCUT2D eigenvalue weighted by Crippen LogP contribution is -2.45. The van der Waals surface area contributed by atoms with Crippen molar-refractivity contribution in [2.45, 2.75) is 33.2 Å². The number of ether oxygens (including phenoxy) is 1. The summed E-state index contributed by atoms with van der Waals surface area (Å²) in [5, 5.41) is 0. The van der Waals surface area contributed by atoms with Crippen molar-refractivity contribution in [2.75, 3.05) is 26.7 Å². The van der Waals surface area contributed by atoms with Crippen molar-refractivity contribution in [3.05, 3.63) is 29.8 Å². The van der Waals surface area contributed by atoms with Gasteiger partial charge in [-0.15, -0.1) is 0 Å². The molecule has 0 aromatic heterocycles. The Morgan fingerprint density at radius 3 is 2.36 bits per heavy atom. The van der Waals surface area contributed by atoms with Crippen LogP contribution in [0.3, 0.4) is 0 Å². The molecule has 5 nitrogen and oxygen atoms in total. The molecular formula is C20H28N2O3. The topological polar surface area (TPSA) is 49.9 Å². The lowest BCUT2D eigenvalue weighted by atomic mass is 9.91. The van der Waals surface area contributed by atoms with Crippen molar-refractivity contribution in [3.8, 4) is 5.75 Å². The van der Waals surface area contributed by atoms with Crippen LogP contribution in [0, 0.1) is 17.8 Å². The highest BCUT2D eigenvalue weighted by molar-refractivity contribution is 5.89. The summed E-state index contributed by atoms with van der Waals surface area (Å²) in [6.07, 6.45) is 1.52. The molecule has 5 heteroatoms. The van der Waals surface area contributed by atoms with Gasteiger partial charge in [-0.25, -0.2) is 0 Å². The molecule has 1 aromatic rings. The second-order valence-corrected chi connectivity index (χ2v) is 7.71. The molecule has 0 bridgehead atoms. The molecule has 2 fully saturated rings. The molecular weight excluding hydrogens is 316 g/mol. The molecule has 2 aliphatic heterocycles. The maximum absolute atomic E-state index is 12.8. The Morgan fingerprint density at radius 2 is 1.76 bits per heavy atom. The van der Waals surface area contributed by atoms with E-state index >= 15 is 0 Å². The lowest BCUT2D eigenvalue weighted by Gasteiger charge is -2.36. The van der Waals surface area contributed by atoms with Crippen LogP contribution in [0.15, 0.2) is 24.3 Å². The number of amides is 2. The Morgan fingerprint density at radius 1 is 1.12 bits per heavy atom. The summed E-state index contributed by atoms with van der Waals surface area (Å²) in [4.78, 5) is 29.0. The van der Waals surface area contributed by atoms with Gasteiger partial charge in [0.2, 0.25) is 11.8 Å². The van der Waals surface area contributed by atoms with Crippen LogP contribution in [-0.4, -0.2) is 48.4 Å². The van der Waals surface area contributed by atoms with Gasteiger partial charge in [-0.2, -0.15) is 0 Å². The molecule has 2 amide bonds. The first-order valence-corrected chi connectivity index (χ1v) is 9.15. The first kappa shape index (κ1) is 17.8. The van der Waals surface area contributed by atoms with Crippen molar-refractivity contribution in [2.24, 2.45) is 17.8 Å². The minimum Gasteiger partial charge on any atom is -0.497 e. The van der Waals surface area contributed by atoms with E-state index < -0.39 is 0 Å². The second-order valence-electron chi connectivity index (χ2n) is 7.71. The standard InChI is InChI=1S/C20H28N2O3/c1-14-8-15(2)11-22(10-14)20(24)17-9-19(23)21(13-17)12-16-4-6-18(25-3)7-5-16/h4-7,14-15,17H,8-13H2,1-3H3/t14-,15-,17-/m1/s1. The largest absolute Gasteiger partial charge is 0.497 e. The normalized spacial score (nSPS) is 26.8. The average Bonchev–Trinajstić information content (AvgIpc) is 2.94. The molecule has 3 rings (SSSR count). The number of methoxy groups -OCH3 is 1. The van der Waals surface area contributed by atoms with Gasteiger partial charge in [0.1, 0.15) is 5.75 Å². The number of carbonyl (C=O) groups is 2. The van der Waals surface area contributed by atoms with E-state index in [9.17, 15) is 9.59 Å². The molecule has 0 aliphatic carbocycles. The smallest absolute Gasteiger partial charge is 0.228 e. The number of piperidine rings is 1.